The number of piperidine rings is 1. The first kappa shape index (κ1) is 18.7. The Morgan fingerprint density at radius 1 is 1.38 bits per heavy atom. The highest BCUT2D eigenvalue weighted by Crippen LogP contribution is 2.21. The Hall–Kier alpha value is -1.64. The second kappa shape index (κ2) is 7.96. The number of nitrogens with one attached hydrogen (secondary N) is 1. The normalized spacial score (nSPS) is 19.2. The van der Waals surface area contributed by atoms with Gasteiger partial charge in [-0.2, -0.15) is 17.0 Å². The topological polar surface area (TPSA) is 79.0 Å². The quantitative estimate of drug-likeness (QED) is 0.820. The van der Waals surface area contributed by atoms with Crippen LogP contribution in [0.5, 0.6) is 5.75 Å². The molecule has 2 rings (SSSR count). The summed E-state index contributed by atoms with van der Waals surface area (Å²) in [6.45, 7) is 1.04. The lowest BCUT2D eigenvalue weighted by molar-refractivity contribution is -0.126. The smallest absolute Gasteiger partial charge is 0.281 e. The summed E-state index contributed by atoms with van der Waals surface area (Å²) >= 11 is 0. The molecule has 0 unspecified atom stereocenters. The van der Waals surface area contributed by atoms with Crippen molar-refractivity contribution in [3.63, 3.8) is 0 Å². The second-order valence-corrected chi connectivity index (χ2v) is 8.16. The summed E-state index contributed by atoms with van der Waals surface area (Å²) in [4.78, 5) is 12.4. The van der Waals surface area contributed by atoms with Gasteiger partial charge in [0.25, 0.3) is 10.2 Å². The van der Waals surface area contributed by atoms with Crippen LogP contribution in [-0.2, 0) is 21.5 Å². The van der Waals surface area contributed by atoms with E-state index in [-0.39, 0.29) is 18.4 Å². The highest BCUT2D eigenvalue weighted by Gasteiger charge is 2.33. The average molecular weight is 355 g/mol. The maximum atomic E-state index is 12.4. The Labute approximate surface area is 143 Å². The molecule has 1 heterocycles. The molecule has 1 amide bonds. The van der Waals surface area contributed by atoms with Crippen molar-refractivity contribution in [3.8, 4) is 5.75 Å². The fourth-order valence-corrected chi connectivity index (χ4v) is 3.96. The van der Waals surface area contributed by atoms with Crippen LogP contribution >= 0.6 is 0 Å². The maximum Gasteiger partial charge on any atom is 0.281 e. The van der Waals surface area contributed by atoms with Crippen LogP contribution < -0.4 is 10.1 Å². The Kier molecular flexibility index (Phi) is 6.20. The monoisotopic (exact) mass is 355 g/mol. The van der Waals surface area contributed by atoms with Gasteiger partial charge >= 0.3 is 0 Å². The van der Waals surface area contributed by atoms with Crippen LogP contribution in [0.3, 0.4) is 0 Å². The lowest BCUT2D eigenvalue weighted by atomic mass is 9.98. The number of carbonyl (C=O) groups is 1. The molecule has 1 saturated heterocycles. The van der Waals surface area contributed by atoms with Crippen LogP contribution in [0.2, 0.25) is 0 Å². The largest absolute Gasteiger partial charge is 0.496 e. The van der Waals surface area contributed by atoms with Gasteiger partial charge < -0.3 is 10.1 Å². The van der Waals surface area contributed by atoms with E-state index < -0.39 is 10.2 Å². The third-order valence-electron chi connectivity index (χ3n) is 4.19. The van der Waals surface area contributed by atoms with Crippen molar-refractivity contribution in [1.29, 1.82) is 0 Å². The fourth-order valence-electron chi connectivity index (χ4n) is 2.77. The van der Waals surface area contributed by atoms with Crippen LogP contribution in [0.1, 0.15) is 18.4 Å². The average Bonchev–Trinajstić information content (AvgIpc) is 2.59. The number of ether oxygens (including phenoxy) is 1. The predicted octanol–water partition coefficient (Wildman–Crippen LogP) is 0.830. The maximum absolute atomic E-state index is 12.4. The number of amides is 1. The summed E-state index contributed by atoms with van der Waals surface area (Å²) in [5, 5.41) is 2.89. The molecule has 7 nitrogen and oxygen atoms in total. The van der Waals surface area contributed by atoms with Gasteiger partial charge in [0.05, 0.1) is 13.0 Å². The molecule has 0 aromatic heterocycles. The van der Waals surface area contributed by atoms with Gasteiger partial charge in [-0.15, -0.1) is 0 Å². The first-order chi connectivity index (χ1) is 11.4. The van der Waals surface area contributed by atoms with E-state index in [0.717, 1.165) is 11.3 Å². The van der Waals surface area contributed by atoms with E-state index in [2.05, 4.69) is 5.32 Å². The Balaban J connectivity index is 1.97. The van der Waals surface area contributed by atoms with Gasteiger partial charge in [-0.1, -0.05) is 18.2 Å². The van der Waals surface area contributed by atoms with E-state index in [1.165, 1.54) is 22.7 Å². The van der Waals surface area contributed by atoms with Gasteiger partial charge in [-0.05, 0) is 18.9 Å². The minimum absolute atomic E-state index is 0.125. The molecule has 1 aromatic rings. The Bertz CT molecular complexity index is 676. The van der Waals surface area contributed by atoms with E-state index >= 15 is 0 Å². The molecule has 0 aliphatic carbocycles. The highest BCUT2D eigenvalue weighted by molar-refractivity contribution is 7.86. The number of hydrogen-bond acceptors (Lipinski definition) is 4. The lowest BCUT2D eigenvalue weighted by Gasteiger charge is -2.32. The van der Waals surface area contributed by atoms with Crippen LogP contribution in [0, 0.1) is 5.92 Å². The van der Waals surface area contributed by atoms with Crippen LogP contribution in [0.15, 0.2) is 24.3 Å². The van der Waals surface area contributed by atoms with E-state index in [4.69, 9.17) is 4.74 Å². The zero-order valence-corrected chi connectivity index (χ0v) is 15.2. The lowest BCUT2D eigenvalue weighted by Crippen LogP contribution is -2.48. The molecule has 1 atom stereocenters. The molecule has 24 heavy (non-hydrogen) atoms. The number of nitrogens with zero attached hydrogens (tertiary/aromatic N) is 2. The van der Waals surface area contributed by atoms with Crippen molar-refractivity contribution >= 4 is 16.1 Å². The number of methoxy groups -OCH3 is 1. The standard InChI is InChI=1S/C16H25N3O4S/c1-18(2)24(21,22)19-10-6-8-14(12-19)16(20)17-11-13-7-4-5-9-15(13)23-3/h4-5,7,9,14H,6,8,10-12H2,1-3H3,(H,17,20)/t14-/m0/s1. The molecule has 0 saturated carbocycles. The van der Waals surface area contributed by atoms with Gasteiger partial charge in [0.1, 0.15) is 5.75 Å². The summed E-state index contributed by atoms with van der Waals surface area (Å²) in [6, 6.07) is 7.49. The van der Waals surface area contributed by atoms with Gasteiger partial charge in [-0.25, -0.2) is 0 Å². The van der Waals surface area contributed by atoms with Crippen molar-refractivity contribution < 1.29 is 17.9 Å². The van der Waals surface area contributed by atoms with Gasteiger partial charge in [-0.3, -0.25) is 4.79 Å². The van der Waals surface area contributed by atoms with Crippen molar-refractivity contribution in [1.82, 2.24) is 13.9 Å². The van der Waals surface area contributed by atoms with Crippen molar-refractivity contribution in [2.45, 2.75) is 19.4 Å². The zero-order chi connectivity index (χ0) is 17.7. The van der Waals surface area contributed by atoms with Gasteiger partial charge in [0.15, 0.2) is 0 Å². The third-order valence-corrected chi connectivity index (χ3v) is 6.10. The number of para-hydroxylation sites is 1. The Morgan fingerprint density at radius 2 is 2.08 bits per heavy atom. The highest BCUT2D eigenvalue weighted by atomic mass is 32.2. The first-order valence-electron chi connectivity index (χ1n) is 7.93. The summed E-state index contributed by atoms with van der Waals surface area (Å²) in [5.41, 5.74) is 0.891. The number of rotatable bonds is 6. The molecule has 1 fully saturated rings. The SMILES string of the molecule is COc1ccccc1CNC(=O)[C@H]1CCCN(S(=O)(=O)N(C)C)C1. The van der Waals surface area contributed by atoms with E-state index in [1.807, 2.05) is 24.3 Å². The fraction of sp³-hybridized carbons (Fsp3) is 0.562. The van der Waals surface area contributed by atoms with E-state index in [1.54, 1.807) is 7.11 Å². The molecular formula is C16H25N3O4S. The molecule has 0 bridgehead atoms. The molecule has 0 radical (unpaired) electrons. The van der Waals surface area contributed by atoms with Gasteiger partial charge in [0, 0.05) is 39.3 Å². The van der Waals surface area contributed by atoms with Gasteiger partial charge in [0.2, 0.25) is 5.91 Å². The summed E-state index contributed by atoms with van der Waals surface area (Å²) in [5.74, 6) is 0.265. The van der Waals surface area contributed by atoms with Crippen LogP contribution in [0.25, 0.3) is 0 Å². The minimum atomic E-state index is -3.48. The molecule has 1 N–H and O–H groups in total. The molecule has 8 heteroatoms. The van der Waals surface area contributed by atoms with Crippen molar-refractivity contribution in [2.24, 2.45) is 5.92 Å². The molecule has 0 spiro atoms. The second-order valence-electron chi connectivity index (χ2n) is 6.02. The summed E-state index contributed by atoms with van der Waals surface area (Å²) in [6.07, 6.45) is 1.37. The number of benzene rings is 1. The first-order valence-corrected chi connectivity index (χ1v) is 9.33. The van der Waals surface area contributed by atoms with Crippen molar-refractivity contribution in [2.75, 3.05) is 34.3 Å². The number of hydrogen-bond donors (Lipinski definition) is 1. The van der Waals surface area contributed by atoms with E-state index in [9.17, 15) is 13.2 Å². The van der Waals surface area contributed by atoms with Crippen LogP contribution in [0.4, 0.5) is 0 Å². The van der Waals surface area contributed by atoms with E-state index in [0.29, 0.717) is 25.9 Å². The van der Waals surface area contributed by atoms with Crippen molar-refractivity contribution in [3.05, 3.63) is 29.8 Å². The molecule has 134 valence electrons. The predicted molar refractivity (Wildman–Crippen MR) is 91.7 cm³/mol. The molecular weight excluding hydrogens is 330 g/mol. The van der Waals surface area contributed by atoms with Crippen LogP contribution in [-0.4, -0.2) is 57.2 Å². The molecule has 1 aliphatic rings. The zero-order valence-electron chi connectivity index (χ0n) is 14.4. The Morgan fingerprint density at radius 3 is 2.75 bits per heavy atom. The third kappa shape index (κ3) is 4.25. The molecule has 1 aliphatic heterocycles. The minimum Gasteiger partial charge on any atom is -0.496 e. The molecule has 1 aromatic carbocycles. The number of carbonyl (C=O) groups excluding carboxylic acids is 1. The summed E-state index contributed by atoms with van der Waals surface area (Å²) < 4.78 is 32.3. The summed E-state index contributed by atoms with van der Waals surface area (Å²) in [7, 11) is 1.11.